The second-order valence-corrected chi connectivity index (χ2v) is 4.74. The Bertz CT molecular complexity index is 289. The molecule has 0 aromatic heterocycles. The van der Waals surface area contributed by atoms with Crippen molar-refractivity contribution in [2.75, 3.05) is 12.5 Å². The molecule has 66 valence electrons. The second-order valence-electron chi connectivity index (χ2n) is 2.16. The lowest BCUT2D eigenvalue weighted by Crippen LogP contribution is -1.77. The Morgan fingerprint density at radius 1 is 1.25 bits per heavy atom. The van der Waals surface area contributed by atoms with Gasteiger partial charge >= 0.3 is 0 Å². The molecule has 0 spiro atoms. The van der Waals surface area contributed by atoms with Crippen LogP contribution in [0.2, 0.25) is 0 Å². The summed E-state index contributed by atoms with van der Waals surface area (Å²) in [6.07, 6.45) is 3.97. The van der Waals surface area contributed by atoms with Crippen LogP contribution in [0.4, 0.5) is 0 Å². The Morgan fingerprint density at radius 3 is 2.42 bits per heavy atom. The molecule has 0 atom stereocenters. The fourth-order valence-corrected chi connectivity index (χ4v) is 2.66. The maximum absolute atomic E-state index is 9.54. The Balaban J connectivity index is 3.19. The fourth-order valence-electron chi connectivity index (χ4n) is 0.824. The van der Waals surface area contributed by atoms with Gasteiger partial charge in [-0.3, -0.25) is 0 Å². The maximum atomic E-state index is 9.54. The van der Waals surface area contributed by atoms with Crippen LogP contribution in [0.1, 0.15) is 0 Å². The van der Waals surface area contributed by atoms with Gasteiger partial charge in [-0.25, -0.2) is 0 Å². The molecule has 1 aromatic carbocycles. The van der Waals surface area contributed by atoms with E-state index in [1.165, 1.54) is 0 Å². The number of benzene rings is 1. The first-order valence-corrected chi connectivity index (χ1v) is 6.53. The zero-order chi connectivity index (χ0) is 9.14. The van der Waals surface area contributed by atoms with E-state index in [0.29, 0.717) is 5.75 Å². The third-order valence-electron chi connectivity index (χ3n) is 1.46. The summed E-state index contributed by atoms with van der Waals surface area (Å²) >= 11 is 6.51. The minimum atomic E-state index is 0.334. The van der Waals surface area contributed by atoms with E-state index in [1.807, 2.05) is 24.6 Å². The van der Waals surface area contributed by atoms with E-state index in [9.17, 15) is 5.11 Å². The van der Waals surface area contributed by atoms with Gasteiger partial charge in [-0.15, -0.1) is 23.5 Å². The normalized spacial score (nSPS) is 10.2. The number of rotatable bonds is 2. The molecule has 0 aliphatic rings. The number of halogens is 1. The van der Waals surface area contributed by atoms with Gasteiger partial charge in [0.1, 0.15) is 5.75 Å². The van der Waals surface area contributed by atoms with Crippen molar-refractivity contribution in [3.63, 3.8) is 0 Å². The minimum Gasteiger partial charge on any atom is -0.506 e. The molecule has 0 saturated heterocycles. The highest BCUT2D eigenvalue weighted by molar-refractivity contribution is 9.10. The summed E-state index contributed by atoms with van der Waals surface area (Å²) in [6.45, 7) is 0. The zero-order valence-electron chi connectivity index (χ0n) is 6.80. The highest BCUT2D eigenvalue weighted by Gasteiger charge is 2.06. The van der Waals surface area contributed by atoms with Gasteiger partial charge in [0, 0.05) is 4.90 Å². The summed E-state index contributed by atoms with van der Waals surface area (Å²) in [5, 5.41) is 9.54. The number of phenolic OH excluding ortho intramolecular Hbond substituents is 1. The van der Waals surface area contributed by atoms with E-state index in [0.717, 1.165) is 14.3 Å². The van der Waals surface area contributed by atoms with Gasteiger partial charge in [0.05, 0.1) is 9.37 Å². The molecule has 1 N–H and O–H groups in total. The van der Waals surface area contributed by atoms with Crippen molar-refractivity contribution < 1.29 is 5.11 Å². The number of hydrogen-bond acceptors (Lipinski definition) is 3. The number of thioether (sulfide) groups is 2. The fraction of sp³-hybridized carbons (Fsp3) is 0.250. The quantitative estimate of drug-likeness (QED) is 0.825. The van der Waals surface area contributed by atoms with Crippen molar-refractivity contribution in [3.05, 3.63) is 16.6 Å². The van der Waals surface area contributed by atoms with Crippen molar-refractivity contribution in [2.45, 2.75) is 9.79 Å². The standard InChI is InChI=1S/C8H9BrOS2/c1-11-5-3-6(9)8(10)7(4-5)12-2/h3-4,10H,1-2H3. The summed E-state index contributed by atoms with van der Waals surface area (Å²) in [5.74, 6) is 0.334. The topological polar surface area (TPSA) is 20.2 Å². The third kappa shape index (κ3) is 2.12. The minimum absolute atomic E-state index is 0.334. The number of hydrogen-bond donors (Lipinski definition) is 1. The molecule has 0 unspecified atom stereocenters. The molecule has 0 radical (unpaired) electrons. The van der Waals surface area contributed by atoms with E-state index in [2.05, 4.69) is 15.9 Å². The molecule has 0 bridgehead atoms. The van der Waals surface area contributed by atoms with E-state index >= 15 is 0 Å². The average Bonchev–Trinajstić information content (AvgIpc) is 2.09. The lowest BCUT2D eigenvalue weighted by atomic mass is 10.3. The van der Waals surface area contributed by atoms with Crippen molar-refractivity contribution in [2.24, 2.45) is 0 Å². The SMILES string of the molecule is CSc1cc(Br)c(O)c(SC)c1. The predicted molar refractivity (Wildman–Crippen MR) is 59.4 cm³/mol. The molecule has 0 fully saturated rings. The van der Waals surface area contributed by atoms with Crippen molar-refractivity contribution in [1.29, 1.82) is 0 Å². The molecule has 4 heteroatoms. The van der Waals surface area contributed by atoms with Crippen molar-refractivity contribution >= 4 is 39.5 Å². The van der Waals surface area contributed by atoms with Crippen LogP contribution in [-0.4, -0.2) is 17.6 Å². The van der Waals surface area contributed by atoms with Crippen LogP contribution in [0.15, 0.2) is 26.4 Å². The van der Waals surface area contributed by atoms with Crippen LogP contribution in [0.25, 0.3) is 0 Å². The molecular formula is C8H9BrOS2. The van der Waals surface area contributed by atoms with E-state index in [-0.39, 0.29) is 0 Å². The van der Waals surface area contributed by atoms with Crippen molar-refractivity contribution in [3.8, 4) is 5.75 Å². The summed E-state index contributed by atoms with van der Waals surface area (Å²) in [5.41, 5.74) is 0. The Hall–Kier alpha value is 0.200. The molecule has 0 saturated carbocycles. The summed E-state index contributed by atoms with van der Waals surface area (Å²) in [6, 6.07) is 3.90. The molecule has 1 aromatic rings. The van der Waals surface area contributed by atoms with Gasteiger partial charge in [0.15, 0.2) is 0 Å². The highest BCUT2D eigenvalue weighted by Crippen LogP contribution is 2.37. The third-order valence-corrected chi connectivity index (χ3v) is 3.52. The average molecular weight is 265 g/mol. The largest absolute Gasteiger partial charge is 0.506 e. The number of aromatic hydroxyl groups is 1. The van der Waals surface area contributed by atoms with E-state index in [1.54, 1.807) is 23.5 Å². The van der Waals surface area contributed by atoms with Gasteiger partial charge in [-0.2, -0.15) is 0 Å². The van der Waals surface area contributed by atoms with E-state index < -0.39 is 0 Å². The first-order chi connectivity index (χ1) is 5.69. The lowest BCUT2D eigenvalue weighted by Gasteiger charge is -2.05. The molecule has 1 rings (SSSR count). The van der Waals surface area contributed by atoms with Gasteiger partial charge in [0.25, 0.3) is 0 Å². The van der Waals surface area contributed by atoms with Gasteiger partial charge < -0.3 is 5.11 Å². The molecular weight excluding hydrogens is 256 g/mol. The van der Waals surface area contributed by atoms with Crippen LogP contribution in [0.3, 0.4) is 0 Å². The summed E-state index contributed by atoms with van der Waals surface area (Å²) < 4.78 is 0.763. The maximum Gasteiger partial charge on any atom is 0.143 e. The van der Waals surface area contributed by atoms with E-state index in [4.69, 9.17) is 0 Å². The molecule has 1 nitrogen and oxygen atoms in total. The second kappa shape index (κ2) is 4.44. The van der Waals surface area contributed by atoms with Crippen molar-refractivity contribution in [1.82, 2.24) is 0 Å². The Labute approximate surface area is 89.1 Å². The van der Waals surface area contributed by atoms with Crippen LogP contribution >= 0.6 is 39.5 Å². The van der Waals surface area contributed by atoms with Crippen LogP contribution < -0.4 is 0 Å². The molecule has 0 amide bonds. The predicted octanol–water partition coefficient (Wildman–Crippen LogP) is 3.60. The monoisotopic (exact) mass is 264 g/mol. The Kier molecular flexibility index (Phi) is 3.80. The summed E-state index contributed by atoms with van der Waals surface area (Å²) in [4.78, 5) is 2.07. The first kappa shape index (κ1) is 10.3. The smallest absolute Gasteiger partial charge is 0.143 e. The Morgan fingerprint density at radius 2 is 1.92 bits per heavy atom. The molecule has 0 heterocycles. The van der Waals surface area contributed by atoms with Gasteiger partial charge in [-0.05, 0) is 40.6 Å². The molecule has 12 heavy (non-hydrogen) atoms. The van der Waals surface area contributed by atoms with Gasteiger partial charge in [-0.1, -0.05) is 0 Å². The van der Waals surface area contributed by atoms with Gasteiger partial charge in [0.2, 0.25) is 0 Å². The molecule has 0 aliphatic heterocycles. The lowest BCUT2D eigenvalue weighted by molar-refractivity contribution is 0.458. The van der Waals surface area contributed by atoms with Crippen LogP contribution in [-0.2, 0) is 0 Å². The highest BCUT2D eigenvalue weighted by atomic mass is 79.9. The summed E-state index contributed by atoms with van der Waals surface area (Å²) in [7, 11) is 0. The first-order valence-electron chi connectivity index (χ1n) is 3.29. The van der Waals surface area contributed by atoms with Crippen LogP contribution in [0, 0.1) is 0 Å². The molecule has 0 aliphatic carbocycles. The number of phenols is 1. The zero-order valence-corrected chi connectivity index (χ0v) is 10.0. The van der Waals surface area contributed by atoms with Crippen LogP contribution in [0.5, 0.6) is 5.75 Å².